The van der Waals surface area contributed by atoms with E-state index in [4.69, 9.17) is 20.6 Å². The molecule has 2 aromatic carbocycles. The van der Waals surface area contributed by atoms with Gasteiger partial charge in [0.1, 0.15) is 52.5 Å². The number of allylic oxidation sites excluding steroid dienone is 1. The SMILES string of the molecule is CCC1(CC)CCN(C(=O)C(C#N)=CC2CC2)[C@]1(CC)n1nc(-c2ccc(Oc3cccc(F)c3)cc2)c2c(N)ncnc21. The fourth-order valence-corrected chi connectivity index (χ4v) is 7.07. The topological polar surface area (TPSA) is 123 Å². The quantitative estimate of drug-likeness (QED) is 0.164. The molecule has 1 saturated heterocycles. The van der Waals surface area contributed by atoms with E-state index in [0.717, 1.165) is 37.7 Å². The molecular weight excluding hydrogens is 557 g/mol. The normalized spacial score (nSPS) is 19.7. The maximum Gasteiger partial charge on any atom is 0.266 e. The molecule has 0 bridgehead atoms. The Morgan fingerprint density at radius 1 is 1.11 bits per heavy atom. The maximum atomic E-state index is 14.2. The molecule has 6 rings (SSSR count). The smallest absolute Gasteiger partial charge is 0.266 e. The second-order valence-corrected chi connectivity index (χ2v) is 11.7. The summed E-state index contributed by atoms with van der Waals surface area (Å²) in [4.78, 5) is 25.0. The van der Waals surface area contributed by atoms with E-state index in [1.54, 1.807) is 24.3 Å². The Balaban J connectivity index is 1.50. The summed E-state index contributed by atoms with van der Waals surface area (Å²) >= 11 is 0. The molecule has 4 aromatic rings. The van der Waals surface area contributed by atoms with Crippen molar-refractivity contribution in [1.82, 2.24) is 24.6 Å². The third kappa shape index (κ3) is 4.67. The molecule has 2 aromatic heterocycles. The monoisotopic (exact) mass is 593 g/mol. The van der Waals surface area contributed by atoms with Crippen LogP contribution in [0.15, 0.2) is 66.5 Å². The van der Waals surface area contributed by atoms with Gasteiger partial charge in [0.05, 0.1) is 5.39 Å². The van der Waals surface area contributed by atoms with Crippen LogP contribution in [0.5, 0.6) is 11.5 Å². The summed E-state index contributed by atoms with van der Waals surface area (Å²) < 4.78 is 21.4. The molecule has 9 nitrogen and oxygen atoms in total. The molecule has 0 spiro atoms. The van der Waals surface area contributed by atoms with Crippen LogP contribution in [-0.2, 0) is 10.5 Å². The number of halogens is 1. The number of rotatable bonds is 9. The van der Waals surface area contributed by atoms with Crippen LogP contribution >= 0.6 is 0 Å². The number of ether oxygens (including phenoxy) is 1. The van der Waals surface area contributed by atoms with Gasteiger partial charge in [-0.2, -0.15) is 10.4 Å². The number of amides is 1. The Kier molecular flexibility index (Phi) is 7.58. The van der Waals surface area contributed by atoms with Crippen LogP contribution in [0.4, 0.5) is 10.2 Å². The highest BCUT2D eigenvalue weighted by molar-refractivity contribution is 6.00. The number of nitrogen functional groups attached to an aromatic ring is 1. The number of fused-ring (bicyclic) bond motifs is 1. The van der Waals surface area contributed by atoms with Gasteiger partial charge in [-0.1, -0.05) is 32.9 Å². The molecule has 3 heterocycles. The average Bonchev–Trinajstić information content (AvgIpc) is 3.68. The summed E-state index contributed by atoms with van der Waals surface area (Å²) in [6.45, 7) is 6.88. The van der Waals surface area contributed by atoms with Crippen molar-refractivity contribution in [2.24, 2.45) is 11.3 Å². The molecule has 1 aliphatic carbocycles. The van der Waals surface area contributed by atoms with E-state index in [0.29, 0.717) is 41.2 Å². The molecule has 0 unspecified atom stereocenters. The van der Waals surface area contributed by atoms with Crippen LogP contribution in [0.3, 0.4) is 0 Å². The lowest BCUT2D eigenvalue weighted by Crippen LogP contribution is -2.57. The Morgan fingerprint density at radius 2 is 1.86 bits per heavy atom. The van der Waals surface area contributed by atoms with Crippen LogP contribution in [0.1, 0.15) is 59.3 Å². The van der Waals surface area contributed by atoms with Crippen molar-refractivity contribution < 1.29 is 13.9 Å². The lowest BCUT2D eigenvalue weighted by atomic mass is 9.69. The van der Waals surface area contributed by atoms with E-state index in [-0.39, 0.29) is 34.4 Å². The average molecular weight is 594 g/mol. The summed E-state index contributed by atoms with van der Waals surface area (Å²) in [5.41, 5.74) is 7.34. The molecule has 1 atom stereocenters. The molecule has 10 heteroatoms. The number of aromatic nitrogens is 4. The fraction of sp³-hybridized carbons (Fsp3) is 0.382. The van der Waals surface area contributed by atoms with Crippen LogP contribution in [0, 0.1) is 28.5 Å². The highest BCUT2D eigenvalue weighted by atomic mass is 19.1. The first-order valence-corrected chi connectivity index (χ1v) is 15.3. The van der Waals surface area contributed by atoms with E-state index in [9.17, 15) is 14.4 Å². The molecule has 226 valence electrons. The van der Waals surface area contributed by atoms with Gasteiger partial charge < -0.3 is 15.4 Å². The van der Waals surface area contributed by atoms with Gasteiger partial charge >= 0.3 is 0 Å². The van der Waals surface area contributed by atoms with Gasteiger partial charge in [0.15, 0.2) is 5.65 Å². The summed E-state index contributed by atoms with van der Waals surface area (Å²) in [7, 11) is 0. The summed E-state index contributed by atoms with van der Waals surface area (Å²) in [5.74, 6) is 0.846. The summed E-state index contributed by atoms with van der Waals surface area (Å²) in [5, 5.41) is 15.8. The first-order valence-electron chi connectivity index (χ1n) is 15.3. The Labute approximate surface area is 256 Å². The van der Waals surface area contributed by atoms with E-state index in [1.165, 1.54) is 18.5 Å². The molecule has 2 N–H and O–H groups in total. The molecule has 1 aliphatic heterocycles. The lowest BCUT2D eigenvalue weighted by Gasteiger charge is -2.49. The highest BCUT2D eigenvalue weighted by Crippen LogP contribution is 2.57. The van der Waals surface area contributed by atoms with Crippen molar-refractivity contribution in [2.45, 2.75) is 65.0 Å². The van der Waals surface area contributed by atoms with E-state index in [1.807, 2.05) is 27.8 Å². The van der Waals surface area contributed by atoms with Gasteiger partial charge in [0.25, 0.3) is 5.91 Å². The minimum absolute atomic E-state index is 0.188. The van der Waals surface area contributed by atoms with E-state index < -0.39 is 5.66 Å². The second-order valence-electron chi connectivity index (χ2n) is 11.7. The third-order valence-electron chi connectivity index (χ3n) is 9.58. The number of carbonyl (C=O) groups is 1. The number of hydrogen-bond acceptors (Lipinski definition) is 7. The van der Waals surface area contributed by atoms with Crippen molar-refractivity contribution in [3.63, 3.8) is 0 Å². The van der Waals surface area contributed by atoms with Crippen molar-refractivity contribution in [2.75, 3.05) is 12.3 Å². The van der Waals surface area contributed by atoms with E-state index in [2.05, 4.69) is 31.8 Å². The number of carbonyl (C=O) groups excluding carboxylic acids is 1. The third-order valence-corrected chi connectivity index (χ3v) is 9.58. The standard InChI is InChI=1S/C34H36FN7O2/c1-4-33(5-2)16-17-41(32(43)24(20-36)18-22-10-11-22)34(33,6-3)42-31-28(30(37)38-21-39-31)29(40-42)23-12-14-26(15-13-23)44-27-9-7-8-25(35)19-27/h7-9,12-15,18-19,21-22H,4-6,10-11,16-17H2,1-3H3,(H2,37,38,39)/t34-/m1/s1. The predicted molar refractivity (Wildman–Crippen MR) is 166 cm³/mol. The molecule has 44 heavy (non-hydrogen) atoms. The van der Waals surface area contributed by atoms with Gasteiger partial charge in [-0.15, -0.1) is 0 Å². The Hall–Kier alpha value is -4.78. The summed E-state index contributed by atoms with van der Waals surface area (Å²) in [6.07, 6.45) is 8.20. The zero-order chi connectivity index (χ0) is 31.1. The molecule has 2 fully saturated rings. The molecule has 1 amide bonds. The fourth-order valence-electron chi connectivity index (χ4n) is 7.07. The number of nitrogens with zero attached hydrogens (tertiary/aromatic N) is 6. The zero-order valence-corrected chi connectivity index (χ0v) is 25.3. The summed E-state index contributed by atoms with van der Waals surface area (Å²) in [6, 6.07) is 15.5. The molecule has 2 aliphatic rings. The minimum atomic E-state index is -0.898. The van der Waals surface area contributed by atoms with Crippen molar-refractivity contribution in [3.8, 4) is 28.8 Å². The number of nitrogens with two attached hydrogens (primary N) is 1. The Bertz CT molecular complexity index is 1780. The van der Waals surface area contributed by atoms with Crippen LogP contribution < -0.4 is 10.5 Å². The van der Waals surface area contributed by atoms with Crippen molar-refractivity contribution in [3.05, 3.63) is 72.3 Å². The van der Waals surface area contributed by atoms with Gasteiger partial charge in [0, 0.05) is 23.6 Å². The highest BCUT2D eigenvalue weighted by Gasteiger charge is 2.61. The van der Waals surface area contributed by atoms with Gasteiger partial charge in [-0.3, -0.25) is 4.79 Å². The van der Waals surface area contributed by atoms with Crippen molar-refractivity contribution in [1.29, 1.82) is 5.26 Å². The maximum absolute atomic E-state index is 14.2. The molecule has 0 radical (unpaired) electrons. The van der Waals surface area contributed by atoms with Gasteiger partial charge in [-0.25, -0.2) is 19.0 Å². The number of hydrogen-bond donors (Lipinski definition) is 1. The minimum Gasteiger partial charge on any atom is -0.457 e. The largest absolute Gasteiger partial charge is 0.457 e. The Morgan fingerprint density at radius 3 is 2.50 bits per heavy atom. The van der Waals surface area contributed by atoms with Gasteiger partial charge in [0.2, 0.25) is 0 Å². The number of nitriles is 1. The first-order chi connectivity index (χ1) is 21.3. The predicted octanol–water partition coefficient (Wildman–Crippen LogP) is 6.97. The number of anilines is 1. The number of likely N-dealkylation sites (tertiary alicyclic amines) is 1. The second kappa shape index (κ2) is 11.4. The lowest BCUT2D eigenvalue weighted by molar-refractivity contribution is -0.142. The number of benzene rings is 2. The zero-order valence-electron chi connectivity index (χ0n) is 25.3. The first kappa shape index (κ1) is 29.3. The van der Waals surface area contributed by atoms with Crippen LogP contribution in [-0.4, -0.2) is 37.1 Å². The van der Waals surface area contributed by atoms with E-state index >= 15 is 0 Å². The van der Waals surface area contributed by atoms with Crippen molar-refractivity contribution >= 4 is 22.8 Å². The molecule has 1 saturated carbocycles. The molecular formula is C34H36FN7O2. The van der Waals surface area contributed by atoms with Crippen LogP contribution in [0.2, 0.25) is 0 Å². The van der Waals surface area contributed by atoms with Crippen LogP contribution in [0.25, 0.3) is 22.3 Å². The van der Waals surface area contributed by atoms with Gasteiger partial charge in [-0.05, 0) is 80.8 Å².